The number of fused-ring (bicyclic) bond motifs is 1. The molecule has 13 heteroatoms. The minimum absolute atomic E-state index is 0.106. The van der Waals surface area contributed by atoms with Crippen molar-refractivity contribution in [2.75, 3.05) is 27.4 Å². The van der Waals surface area contributed by atoms with Crippen molar-refractivity contribution in [1.82, 2.24) is 10.3 Å². The van der Waals surface area contributed by atoms with Crippen LogP contribution in [0.2, 0.25) is 0 Å². The summed E-state index contributed by atoms with van der Waals surface area (Å²) in [6, 6.07) is 10.3. The maximum absolute atomic E-state index is 14.1. The van der Waals surface area contributed by atoms with Gasteiger partial charge in [0, 0.05) is 23.8 Å². The molecule has 2 atom stereocenters. The van der Waals surface area contributed by atoms with Gasteiger partial charge in [-0.2, -0.15) is 13.2 Å². The molecule has 1 aliphatic heterocycles. The van der Waals surface area contributed by atoms with Gasteiger partial charge in [-0.15, -0.1) is 0 Å². The number of methoxy groups -OCH3 is 2. The van der Waals surface area contributed by atoms with Crippen LogP contribution in [0, 0.1) is 5.82 Å². The van der Waals surface area contributed by atoms with Crippen molar-refractivity contribution in [3.05, 3.63) is 71.2 Å². The number of ether oxygens (including phenoxy) is 4. The van der Waals surface area contributed by atoms with Gasteiger partial charge < -0.3 is 35.1 Å². The molecule has 0 spiro atoms. The van der Waals surface area contributed by atoms with Crippen LogP contribution in [0.4, 0.5) is 17.6 Å². The third-order valence-corrected chi connectivity index (χ3v) is 6.99. The number of halogens is 4. The molecular weight excluding hydrogens is 550 g/mol. The van der Waals surface area contributed by atoms with E-state index in [0.29, 0.717) is 11.5 Å². The van der Waals surface area contributed by atoms with E-state index in [1.54, 1.807) is 6.07 Å². The van der Waals surface area contributed by atoms with Crippen LogP contribution < -0.4 is 25.3 Å². The lowest BCUT2D eigenvalue weighted by atomic mass is 9.90. The number of carbonyl (C=O) groups excluding carboxylic acids is 1. The molecule has 3 aromatic rings. The molecule has 1 amide bonds. The molecule has 1 aliphatic carbocycles. The number of hydrogen-bond donors (Lipinski definition) is 3. The van der Waals surface area contributed by atoms with Gasteiger partial charge >= 0.3 is 6.18 Å². The second kappa shape index (κ2) is 10.5. The van der Waals surface area contributed by atoms with Crippen molar-refractivity contribution in [2.45, 2.75) is 36.4 Å². The number of nitrogens with zero attached hydrogens (tertiary/aromatic N) is 1. The summed E-state index contributed by atoms with van der Waals surface area (Å²) >= 11 is 0. The van der Waals surface area contributed by atoms with Crippen molar-refractivity contribution in [3.8, 4) is 28.5 Å². The highest BCUT2D eigenvalue weighted by atomic mass is 19.4. The van der Waals surface area contributed by atoms with Crippen LogP contribution >= 0.6 is 0 Å². The van der Waals surface area contributed by atoms with Gasteiger partial charge in [0.1, 0.15) is 23.8 Å². The van der Waals surface area contributed by atoms with Crippen molar-refractivity contribution in [3.63, 3.8) is 0 Å². The lowest BCUT2D eigenvalue weighted by molar-refractivity contribution is -0.194. The zero-order valence-electron chi connectivity index (χ0n) is 22.0. The average molecular weight is 578 g/mol. The number of aromatic nitrogens is 1. The molecule has 0 bridgehead atoms. The summed E-state index contributed by atoms with van der Waals surface area (Å²) < 4.78 is 77.5. The van der Waals surface area contributed by atoms with Crippen molar-refractivity contribution >= 4 is 5.91 Å². The highest BCUT2D eigenvalue weighted by molar-refractivity contribution is 5.95. The minimum Gasteiger partial charge on any atom is -0.493 e. The fourth-order valence-corrected chi connectivity index (χ4v) is 4.35. The Balaban J connectivity index is 1.48. The average Bonchev–Trinajstić information content (AvgIpc) is 3.71. The minimum atomic E-state index is -4.93. The van der Waals surface area contributed by atoms with Crippen LogP contribution in [-0.2, 0) is 16.1 Å². The molecule has 4 N–H and O–H groups in total. The van der Waals surface area contributed by atoms with Gasteiger partial charge in [-0.1, -0.05) is 0 Å². The van der Waals surface area contributed by atoms with Crippen LogP contribution in [0.3, 0.4) is 0 Å². The Morgan fingerprint density at radius 3 is 2.46 bits per heavy atom. The van der Waals surface area contributed by atoms with E-state index in [9.17, 15) is 27.5 Å². The van der Waals surface area contributed by atoms with E-state index in [2.05, 4.69) is 10.3 Å². The van der Waals surface area contributed by atoms with Crippen LogP contribution in [0.15, 0.2) is 48.5 Å². The molecule has 0 saturated heterocycles. The highest BCUT2D eigenvalue weighted by Crippen LogP contribution is 2.49. The van der Waals surface area contributed by atoms with Gasteiger partial charge in [0.15, 0.2) is 22.8 Å². The van der Waals surface area contributed by atoms with E-state index in [0.717, 1.165) is 38.2 Å². The van der Waals surface area contributed by atoms with Crippen molar-refractivity contribution in [2.24, 2.45) is 5.73 Å². The molecule has 5 rings (SSSR count). The molecule has 1 fully saturated rings. The molecule has 1 unspecified atom stereocenters. The van der Waals surface area contributed by atoms with Gasteiger partial charge in [0.25, 0.3) is 5.91 Å². The zero-order chi connectivity index (χ0) is 29.6. The first kappa shape index (κ1) is 28.6. The second-order valence-corrected chi connectivity index (χ2v) is 9.85. The Morgan fingerprint density at radius 2 is 1.85 bits per heavy atom. The number of benzene rings is 2. The lowest BCUT2D eigenvalue weighted by Gasteiger charge is -2.29. The Hall–Kier alpha value is -3.94. The smallest absolute Gasteiger partial charge is 0.414 e. The van der Waals surface area contributed by atoms with Crippen LogP contribution in [-0.4, -0.2) is 55.6 Å². The summed E-state index contributed by atoms with van der Waals surface area (Å²) in [6.07, 6.45) is -2.96. The maximum Gasteiger partial charge on any atom is 0.414 e. The quantitative estimate of drug-likeness (QED) is 0.259. The number of rotatable bonds is 9. The molecule has 1 aromatic heterocycles. The SMILES string of the molecule is COc1cc(C(=O)NCC(O)(OC)c2cc3c(c(-c4ccc(F)cc4)n2)OC[C@@]3(N)C(F)(F)F)ccc1OC1CC1. The van der Waals surface area contributed by atoms with Crippen molar-refractivity contribution in [1.29, 1.82) is 0 Å². The summed E-state index contributed by atoms with van der Waals surface area (Å²) in [5.74, 6) is -3.05. The standard InChI is InChI=1S/C28H27F4N3O6/c1-38-21-11-16(5-10-20(21)41-18-8-9-18)25(36)34-13-27(37,39-2)22-12-19-24(40-14-26(19,33)28(30,31)32)23(35-22)15-3-6-17(29)7-4-15/h3-7,10-12,18,37H,8-9,13-14,33H2,1-2H3,(H,34,36)/t26-,27?/m0/s1. The fourth-order valence-electron chi connectivity index (χ4n) is 4.35. The first-order valence-corrected chi connectivity index (χ1v) is 12.6. The summed E-state index contributed by atoms with van der Waals surface area (Å²) in [6.45, 7) is -1.54. The third-order valence-electron chi connectivity index (χ3n) is 6.99. The van der Waals surface area contributed by atoms with E-state index in [1.165, 1.54) is 31.4 Å². The second-order valence-electron chi connectivity index (χ2n) is 9.85. The number of hydrogen-bond acceptors (Lipinski definition) is 8. The Kier molecular flexibility index (Phi) is 7.30. The molecule has 2 aliphatic rings. The van der Waals surface area contributed by atoms with Gasteiger partial charge in [0.2, 0.25) is 5.79 Å². The summed E-state index contributed by atoms with van der Waals surface area (Å²) in [4.78, 5) is 17.3. The number of carbonyl (C=O) groups is 1. The van der Waals surface area contributed by atoms with Crippen LogP contribution in [0.5, 0.6) is 17.2 Å². The van der Waals surface area contributed by atoms with E-state index in [1.807, 2.05) is 0 Å². The monoisotopic (exact) mass is 577 g/mol. The zero-order valence-corrected chi connectivity index (χ0v) is 22.0. The molecule has 9 nitrogen and oxygen atoms in total. The van der Waals surface area contributed by atoms with Gasteiger partial charge in [-0.05, 0) is 61.4 Å². The van der Waals surface area contributed by atoms with Gasteiger partial charge in [-0.25, -0.2) is 9.37 Å². The Labute approximate surface area is 232 Å². The molecule has 0 radical (unpaired) electrons. The van der Waals surface area contributed by atoms with E-state index in [4.69, 9.17) is 24.7 Å². The Bertz CT molecular complexity index is 1460. The number of nitrogens with one attached hydrogen (secondary N) is 1. The number of alkyl halides is 3. The number of nitrogens with two attached hydrogens (primary N) is 1. The van der Waals surface area contributed by atoms with E-state index < -0.39 is 47.9 Å². The molecular formula is C28H27F4N3O6. The van der Waals surface area contributed by atoms with E-state index in [-0.39, 0.29) is 34.4 Å². The summed E-state index contributed by atoms with van der Waals surface area (Å²) in [5.41, 5.74) is 2.25. The van der Waals surface area contributed by atoms with Crippen molar-refractivity contribution < 1.29 is 46.4 Å². The number of pyridine rings is 1. The maximum atomic E-state index is 14.1. The van der Waals surface area contributed by atoms with Gasteiger partial charge in [-0.3, -0.25) is 4.79 Å². The Morgan fingerprint density at radius 1 is 1.15 bits per heavy atom. The largest absolute Gasteiger partial charge is 0.493 e. The lowest BCUT2D eigenvalue weighted by Crippen LogP contribution is -2.52. The third kappa shape index (κ3) is 5.39. The number of aliphatic hydroxyl groups is 1. The summed E-state index contributed by atoms with van der Waals surface area (Å²) in [5, 5.41) is 13.9. The topological polar surface area (TPSA) is 125 Å². The summed E-state index contributed by atoms with van der Waals surface area (Å²) in [7, 11) is 2.53. The molecule has 218 valence electrons. The first-order chi connectivity index (χ1) is 19.4. The van der Waals surface area contributed by atoms with Crippen LogP contribution in [0.1, 0.15) is 34.5 Å². The molecule has 41 heavy (non-hydrogen) atoms. The first-order valence-electron chi connectivity index (χ1n) is 12.6. The highest BCUT2D eigenvalue weighted by Gasteiger charge is 2.59. The molecule has 2 heterocycles. The molecule has 1 saturated carbocycles. The van der Waals surface area contributed by atoms with E-state index >= 15 is 0 Å². The predicted molar refractivity (Wildman–Crippen MR) is 137 cm³/mol. The molecule has 2 aromatic carbocycles. The fraction of sp³-hybridized carbons (Fsp3) is 0.357. The number of amides is 1. The van der Waals surface area contributed by atoms with Gasteiger partial charge in [0.05, 0.1) is 19.8 Å². The predicted octanol–water partition coefficient (Wildman–Crippen LogP) is 3.77. The normalized spacial score (nSPS) is 19.6. The van der Waals surface area contributed by atoms with Crippen LogP contribution in [0.25, 0.3) is 11.3 Å².